The van der Waals surface area contributed by atoms with Crippen molar-refractivity contribution in [1.82, 2.24) is 5.32 Å². The van der Waals surface area contributed by atoms with Gasteiger partial charge in [0.1, 0.15) is 5.25 Å². The van der Waals surface area contributed by atoms with Crippen LogP contribution in [0.4, 0.5) is 0 Å². The van der Waals surface area contributed by atoms with Gasteiger partial charge in [-0.1, -0.05) is 10.8 Å². The number of carbonyl (C=O) groups excluding carboxylic acids is 1. The maximum Gasteiger partial charge on any atom is 0.305 e. The Morgan fingerprint density at radius 3 is 2.38 bits per heavy atom. The van der Waals surface area contributed by atoms with Crippen molar-refractivity contribution in [2.24, 2.45) is 0 Å². The maximum atomic E-state index is 11.3. The largest absolute Gasteiger partial charge is 0.481 e. The highest BCUT2D eigenvalue weighted by Crippen LogP contribution is 2.18. The Balaban J connectivity index is 4.07. The first-order valence-corrected chi connectivity index (χ1v) is 5.73. The van der Waals surface area contributed by atoms with E-state index < -0.39 is 11.2 Å². The van der Waals surface area contributed by atoms with E-state index in [2.05, 4.69) is 17.0 Å². The fraction of sp³-hybridized carbons (Fsp3) is 0.714. The van der Waals surface area contributed by atoms with Crippen LogP contribution in [0.1, 0.15) is 20.3 Å². The van der Waals surface area contributed by atoms with Crippen LogP contribution in [-0.4, -0.2) is 28.3 Å². The molecular weight excluding hydrogens is 210 g/mol. The van der Waals surface area contributed by atoms with E-state index in [1.54, 1.807) is 0 Å². The normalized spacial score (nSPS) is 12.6. The molecule has 0 radical (unpaired) electrons. The van der Waals surface area contributed by atoms with Gasteiger partial charge in [0.15, 0.2) is 0 Å². The number of carbonyl (C=O) groups is 2. The Kier molecular flexibility index (Phi) is 5.98. The molecule has 0 bridgehead atoms. The molecule has 0 aromatic carbocycles. The lowest BCUT2D eigenvalue weighted by atomic mass is 10.2. The quantitative estimate of drug-likeness (QED) is 0.479. The van der Waals surface area contributed by atoms with E-state index in [0.717, 1.165) is 10.8 Å². The van der Waals surface area contributed by atoms with Crippen molar-refractivity contribution >= 4 is 34.3 Å². The molecule has 1 atom stereocenters. The summed E-state index contributed by atoms with van der Waals surface area (Å²) in [7, 11) is 0.950. The molecule has 0 aromatic rings. The second kappa shape index (κ2) is 6.15. The minimum atomic E-state index is -0.995. The summed E-state index contributed by atoms with van der Waals surface area (Å²) in [6, 6.07) is 0.0179. The standard InChI is InChI=1S/C7H13NO3S2/c1-4(2)8-7(11)5(13-12)3-6(9)10/h4-5,12H,3H2,1-2H3,(H,8,11)(H,9,10). The third-order valence-corrected chi connectivity index (χ3v) is 2.61. The number of aliphatic carboxylic acids is 1. The maximum absolute atomic E-state index is 11.3. The number of rotatable bonds is 5. The molecule has 0 saturated heterocycles. The second-order valence-corrected chi connectivity index (χ2v) is 4.27. The first kappa shape index (κ1) is 12.6. The molecular formula is C7H13NO3S2. The Morgan fingerprint density at radius 1 is 1.54 bits per heavy atom. The highest BCUT2D eigenvalue weighted by Gasteiger charge is 2.21. The van der Waals surface area contributed by atoms with Crippen molar-refractivity contribution in [2.75, 3.05) is 0 Å². The van der Waals surface area contributed by atoms with Gasteiger partial charge in [0.2, 0.25) is 5.91 Å². The number of thiol groups is 1. The number of hydrogen-bond donors (Lipinski definition) is 3. The molecule has 0 aliphatic rings. The number of carboxylic acid groups (broad SMARTS) is 1. The van der Waals surface area contributed by atoms with Gasteiger partial charge in [-0.3, -0.25) is 9.59 Å². The van der Waals surface area contributed by atoms with Crippen molar-refractivity contribution in [2.45, 2.75) is 31.6 Å². The van der Waals surface area contributed by atoms with Gasteiger partial charge in [0.05, 0.1) is 6.42 Å². The summed E-state index contributed by atoms with van der Waals surface area (Å²) in [5.74, 6) is -1.28. The Morgan fingerprint density at radius 2 is 2.08 bits per heavy atom. The summed E-state index contributed by atoms with van der Waals surface area (Å²) in [4.78, 5) is 21.6. The summed E-state index contributed by atoms with van der Waals surface area (Å²) in [6.45, 7) is 3.64. The number of nitrogens with one attached hydrogen (secondary N) is 1. The lowest BCUT2D eigenvalue weighted by Crippen LogP contribution is -2.37. The summed E-state index contributed by atoms with van der Waals surface area (Å²) >= 11 is 3.84. The molecule has 0 rings (SSSR count). The van der Waals surface area contributed by atoms with Crippen molar-refractivity contribution in [3.63, 3.8) is 0 Å². The third-order valence-electron chi connectivity index (χ3n) is 1.21. The first-order chi connectivity index (χ1) is 5.97. The van der Waals surface area contributed by atoms with Crippen LogP contribution in [0.15, 0.2) is 0 Å². The molecule has 13 heavy (non-hydrogen) atoms. The zero-order valence-corrected chi connectivity index (χ0v) is 9.19. The molecule has 1 unspecified atom stereocenters. The summed E-state index contributed by atoms with van der Waals surface area (Å²) in [6.07, 6.45) is -0.202. The second-order valence-electron chi connectivity index (χ2n) is 2.86. The first-order valence-electron chi connectivity index (χ1n) is 3.79. The minimum Gasteiger partial charge on any atom is -0.481 e. The van der Waals surface area contributed by atoms with Gasteiger partial charge in [-0.15, -0.1) is 11.7 Å². The highest BCUT2D eigenvalue weighted by molar-refractivity contribution is 8.69. The van der Waals surface area contributed by atoms with Gasteiger partial charge in [-0.05, 0) is 13.8 Å². The smallest absolute Gasteiger partial charge is 0.305 e. The molecule has 0 heterocycles. The van der Waals surface area contributed by atoms with Crippen molar-refractivity contribution in [3.8, 4) is 0 Å². The number of amides is 1. The average molecular weight is 223 g/mol. The van der Waals surface area contributed by atoms with Crippen molar-refractivity contribution in [3.05, 3.63) is 0 Å². The van der Waals surface area contributed by atoms with E-state index in [1.807, 2.05) is 13.8 Å². The van der Waals surface area contributed by atoms with Crippen LogP contribution >= 0.6 is 22.5 Å². The van der Waals surface area contributed by atoms with E-state index in [1.165, 1.54) is 0 Å². The fourth-order valence-corrected chi connectivity index (χ4v) is 1.61. The van der Waals surface area contributed by atoms with Gasteiger partial charge in [0, 0.05) is 6.04 Å². The van der Waals surface area contributed by atoms with Crippen LogP contribution in [0.25, 0.3) is 0 Å². The van der Waals surface area contributed by atoms with E-state index >= 15 is 0 Å². The van der Waals surface area contributed by atoms with Crippen LogP contribution in [0.5, 0.6) is 0 Å². The van der Waals surface area contributed by atoms with E-state index in [-0.39, 0.29) is 18.4 Å². The van der Waals surface area contributed by atoms with E-state index in [0.29, 0.717) is 0 Å². The molecule has 2 N–H and O–H groups in total. The van der Waals surface area contributed by atoms with E-state index in [9.17, 15) is 9.59 Å². The Bertz CT molecular complexity index is 196. The molecule has 0 aliphatic carbocycles. The predicted octanol–water partition coefficient (Wildman–Crippen LogP) is 0.932. The Labute approximate surface area is 86.3 Å². The molecule has 0 aromatic heterocycles. The number of carboxylic acids is 1. The average Bonchev–Trinajstić information content (AvgIpc) is 1.98. The fourth-order valence-electron chi connectivity index (χ4n) is 0.714. The molecule has 0 spiro atoms. The molecule has 76 valence electrons. The van der Waals surface area contributed by atoms with Crippen LogP contribution in [0, 0.1) is 0 Å². The molecule has 6 heteroatoms. The minimum absolute atomic E-state index is 0.0179. The zero-order chi connectivity index (χ0) is 10.4. The Hall–Kier alpha value is -0.360. The topological polar surface area (TPSA) is 66.4 Å². The monoisotopic (exact) mass is 223 g/mol. The third kappa shape index (κ3) is 5.81. The van der Waals surface area contributed by atoms with E-state index in [4.69, 9.17) is 5.11 Å². The van der Waals surface area contributed by atoms with Gasteiger partial charge in [0.25, 0.3) is 0 Å². The van der Waals surface area contributed by atoms with Gasteiger partial charge < -0.3 is 10.4 Å². The molecule has 4 nitrogen and oxygen atoms in total. The van der Waals surface area contributed by atoms with Crippen LogP contribution in [0.2, 0.25) is 0 Å². The lowest BCUT2D eigenvalue weighted by molar-refractivity contribution is -0.138. The summed E-state index contributed by atoms with van der Waals surface area (Å²) in [5, 5.41) is 10.5. The molecule has 0 aliphatic heterocycles. The zero-order valence-electron chi connectivity index (χ0n) is 7.48. The number of hydrogen-bond acceptors (Lipinski definition) is 4. The lowest BCUT2D eigenvalue weighted by Gasteiger charge is -2.13. The molecule has 0 fully saturated rings. The van der Waals surface area contributed by atoms with Crippen LogP contribution < -0.4 is 5.32 Å². The SMILES string of the molecule is CC(C)NC(=O)C(CC(=O)O)SS. The van der Waals surface area contributed by atoms with Crippen molar-refractivity contribution in [1.29, 1.82) is 0 Å². The molecule has 0 saturated carbocycles. The van der Waals surface area contributed by atoms with Gasteiger partial charge >= 0.3 is 5.97 Å². The molecule has 1 amide bonds. The highest BCUT2D eigenvalue weighted by atomic mass is 33.1. The van der Waals surface area contributed by atoms with Crippen molar-refractivity contribution < 1.29 is 14.7 Å². The predicted molar refractivity (Wildman–Crippen MR) is 55.9 cm³/mol. The van der Waals surface area contributed by atoms with Crippen LogP contribution in [-0.2, 0) is 9.59 Å². The van der Waals surface area contributed by atoms with Gasteiger partial charge in [-0.25, -0.2) is 0 Å². The summed E-state index contributed by atoms with van der Waals surface area (Å²) in [5.41, 5.74) is 0. The van der Waals surface area contributed by atoms with Gasteiger partial charge in [-0.2, -0.15) is 0 Å². The van der Waals surface area contributed by atoms with Crippen LogP contribution in [0.3, 0.4) is 0 Å². The summed E-state index contributed by atoms with van der Waals surface area (Å²) < 4.78 is 0.